The molecule has 0 fully saturated rings. The van der Waals surface area contributed by atoms with Crippen LogP contribution in [0.15, 0.2) is 24.3 Å². The van der Waals surface area contributed by atoms with Crippen molar-refractivity contribution in [2.45, 2.75) is 32.2 Å². The van der Waals surface area contributed by atoms with Crippen LogP contribution in [0.2, 0.25) is 0 Å². The summed E-state index contributed by atoms with van der Waals surface area (Å²) in [6, 6.07) is 6.09. The molecule has 1 atom stereocenters. The topological polar surface area (TPSA) is 55.1 Å². The lowest BCUT2D eigenvalue weighted by Gasteiger charge is -2.14. The van der Waals surface area contributed by atoms with E-state index in [-0.39, 0.29) is 17.8 Å². The Morgan fingerprint density at radius 1 is 1.47 bits per heavy atom. The van der Waals surface area contributed by atoms with Crippen molar-refractivity contribution < 1.29 is 9.18 Å². The van der Waals surface area contributed by atoms with E-state index < -0.39 is 0 Å². The van der Waals surface area contributed by atoms with Gasteiger partial charge in [-0.25, -0.2) is 4.39 Å². The number of carbonyl (C=O) groups excluding carboxylic acids is 1. The Hall–Kier alpha value is -1.42. The molecule has 0 aliphatic carbocycles. The molecule has 3 nitrogen and oxygen atoms in total. The molecule has 4 heteroatoms. The van der Waals surface area contributed by atoms with E-state index in [1.54, 1.807) is 12.1 Å². The van der Waals surface area contributed by atoms with Crippen LogP contribution in [0.25, 0.3) is 0 Å². The third-order valence-corrected chi connectivity index (χ3v) is 2.58. The Labute approximate surface area is 101 Å². The summed E-state index contributed by atoms with van der Waals surface area (Å²) in [6.45, 7) is 2.45. The monoisotopic (exact) mass is 238 g/mol. The van der Waals surface area contributed by atoms with Gasteiger partial charge in [-0.2, -0.15) is 0 Å². The lowest BCUT2D eigenvalue weighted by Crippen LogP contribution is -2.26. The maximum Gasteiger partial charge on any atom is 0.220 e. The summed E-state index contributed by atoms with van der Waals surface area (Å²) >= 11 is 0. The number of halogens is 1. The van der Waals surface area contributed by atoms with Gasteiger partial charge in [0.25, 0.3) is 0 Å². The predicted octanol–water partition coefficient (Wildman–Crippen LogP) is 2.13. The van der Waals surface area contributed by atoms with Crippen LogP contribution in [0, 0.1) is 5.82 Å². The lowest BCUT2D eigenvalue weighted by atomic mass is 10.1. The van der Waals surface area contributed by atoms with Crippen molar-refractivity contribution in [1.29, 1.82) is 0 Å². The van der Waals surface area contributed by atoms with E-state index in [0.717, 1.165) is 18.4 Å². The predicted molar refractivity (Wildman–Crippen MR) is 65.9 cm³/mol. The first kappa shape index (κ1) is 13.6. The van der Waals surface area contributed by atoms with Gasteiger partial charge in [-0.1, -0.05) is 12.1 Å². The Morgan fingerprint density at radius 2 is 2.24 bits per heavy atom. The average Bonchev–Trinajstić information content (AvgIpc) is 2.29. The van der Waals surface area contributed by atoms with Gasteiger partial charge < -0.3 is 11.1 Å². The third-order valence-electron chi connectivity index (χ3n) is 2.58. The van der Waals surface area contributed by atoms with E-state index in [0.29, 0.717) is 13.0 Å². The van der Waals surface area contributed by atoms with Crippen molar-refractivity contribution in [3.63, 3.8) is 0 Å². The molecule has 0 radical (unpaired) electrons. The van der Waals surface area contributed by atoms with Crippen LogP contribution in [-0.2, 0) is 4.79 Å². The zero-order valence-corrected chi connectivity index (χ0v) is 10.1. The Kier molecular flexibility index (Phi) is 5.63. The number of carbonyl (C=O) groups is 1. The van der Waals surface area contributed by atoms with Crippen molar-refractivity contribution in [3.05, 3.63) is 35.6 Å². The largest absolute Gasteiger partial charge is 0.350 e. The first-order chi connectivity index (χ1) is 8.13. The highest BCUT2D eigenvalue weighted by atomic mass is 19.1. The molecule has 0 saturated carbocycles. The van der Waals surface area contributed by atoms with Crippen LogP contribution >= 0.6 is 0 Å². The summed E-state index contributed by atoms with van der Waals surface area (Å²) in [6.07, 6.45) is 2.11. The van der Waals surface area contributed by atoms with Gasteiger partial charge in [0, 0.05) is 6.42 Å². The number of benzene rings is 1. The average molecular weight is 238 g/mol. The van der Waals surface area contributed by atoms with Gasteiger partial charge in [-0.15, -0.1) is 0 Å². The zero-order valence-electron chi connectivity index (χ0n) is 10.1. The minimum absolute atomic E-state index is 0.0183. The van der Waals surface area contributed by atoms with E-state index in [2.05, 4.69) is 5.32 Å². The van der Waals surface area contributed by atoms with Gasteiger partial charge in [0.15, 0.2) is 0 Å². The fraction of sp³-hybridized carbons (Fsp3) is 0.462. The smallest absolute Gasteiger partial charge is 0.220 e. The van der Waals surface area contributed by atoms with Gasteiger partial charge >= 0.3 is 0 Å². The second-order valence-corrected chi connectivity index (χ2v) is 4.09. The highest BCUT2D eigenvalue weighted by molar-refractivity contribution is 5.76. The standard InChI is InChI=1S/C13H19FN2O/c1-10(11-5-4-6-12(14)9-11)16-13(17)7-2-3-8-15/h4-6,9-10H,2-3,7-8,15H2,1H3,(H,16,17)/t10-/m0/s1. The first-order valence-electron chi connectivity index (χ1n) is 5.88. The molecule has 17 heavy (non-hydrogen) atoms. The van der Waals surface area contributed by atoms with Gasteiger partial charge in [0.1, 0.15) is 5.82 Å². The van der Waals surface area contributed by atoms with Crippen LogP contribution in [0.4, 0.5) is 4.39 Å². The highest BCUT2D eigenvalue weighted by Crippen LogP contribution is 2.13. The molecule has 0 aromatic heterocycles. The lowest BCUT2D eigenvalue weighted by molar-refractivity contribution is -0.121. The number of unbranched alkanes of at least 4 members (excludes halogenated alkanes) is 1. The second kappa shape index (κ2) is 7.01. The molecule has 0 aliphatic heterocycles. The number of hydrogen-bond acceptors (Lipinski definition) is 2. The van der Waals surface area contributed by atoms with Crippen LogP contribution in [0.5, 0.6) is 0 Å². The summed E-state index contributed by atoms with van der Waals surface area (Å²) in [5.74, 6) is -0.304. The van der Waals surface area contributed by atoms with E-state index in [9.17, 15) is 9.18 Å². The normalized spacial score (nSPS) is 12.2. The van der Waals surface area contributed by atoms with E-state index >= 15 is 0 Å². The molecule has 0 spiro atoms. The molecule has 1 amide bonds. The summed E-state index contributed by atoms with van der Waals surface area (Å²) < 4.78 is 13.0. The van der Waals surface area contributed by atoms with E-state index in [1.165, 1.54) is 12.1 Å². The Balaban J connectivity index is 2.43. The number of rotatable bonds is 6. The molecule has 0 heterocycles. The molecular formula is C13H19FN2O. The molecule has 0 unspecified atom stereocenters. The summed E-state index contributed by atoms with van der Waals surface area (Å²) in [4.78, 5) is 11.5. The van der Waals surface area contributed by atoms with E-state index in [4.69, 9.17) is 5.73 Å². The fourth-order valence-electron chi connectivity index (χ4n) is 1.60. The maximum atomic E-state index is 13.0. The maximum absolute atomic E-state index is 13.0. The van der Waals surface area contributed by atoms with Crippen molar-refractivity contribution >= 4 is 5.91 Å². The molecule has 1 aromatic rings. The zero-order chi connectivity index (χ0) is 12.7. The van der Waals surface area contributed by atoms with Gasteiger partial charge in [0.2, 0.25) is 5.91 Å². The SMILES string of the molecule is C[C@H](NC(=O)CCCCN)c1cccc(F)c1. The Bertz CT molecular complexity index is 368. The summed E-state index contributed by atoms with van der Waals surface area (Å²) in [5, 5.41) is 2.84. The molecule has 0 saturated heterocycles. The third kappa shape index (κ3) is 4.95. The summed E-state index contributed by atoms with van der Waals surface area (Å²) in [7, 11) is 0. The molecule has 1 aromatic carbocycles. The Morgan fingerprint density at radius 3 is 2.88 bits per heavy atom. The van der Waals surface area contributed by atoms with Crippen LogP contribution < -0.4 is 11.1 Å². The minimum Gasteiger partial charge on any atom is -0.350 e. The molecule has 94 valence electrons. The summed E-state index contributed by atoms with van der Waals surface area (Å²) in [5.41, 5.74) is 6.13. The van der Waals surface area contributed by atoms with E-state index in [1.807, 2.05) is 6.92 Å². The number of nitrogens with one attached hydrogen (secondary N) is 1. The number of amides is 1. The van der Waals surface area contributed by atoms with Crippen molar-refractivity contribution in [3.8, 4) is 0 Å². The molecule has 3 N–H and O–H groups in total. The molecule has 1 rings (SSSR count). The molecule has 0 aliphatic rings. The van der Waals surface area contributed by atoms with Gasteiger partial charge in [0.05, 0.1) is 6.04 Å². The second-order valence-electron chi connectivity index (χ2n) is 4.09. The van der Waals surface area contributed by atoms with Crippen molar-refractivity contribution in [2.24, 2.45) is 5.73 Å². The quantitative estimate of drug-likeness (QED) is 0.746. The van der Waals surface area contributed by atoms with Crippen LogP contribution in [0.3, 0.4) is 0 Å². The van der Waals surface area contributed by atoms with Gasteiger partial charge in [-0.05, 0) is 44.0 Å². The highest BCUT2D eigenvalue weighted by Gasteiger charge is 2.09. The number of hydrogen-bond donors (Lipinski definition) is 2. The fourth-order valence-corrected chi connectivity index (χ4v) is 1.60. The van der Waals surface area contributed by atoms with Crippen molar-refractivity contribution in [2.75, 3.05) is 6.54 Å². The van der Waals surface area contributed by atoms with Crippen LogP contribution in [-0.4, -0.2) is 12.5 Å². The molecule has 0 bridgehead atoms. The molecular weight excluding hydrogens is 219 g/mol. The van der Waals surface area contributed by atoms with Crippen LogP contribution in [0.1, 0.15) is 37.8 Å². The first-order valence-corrected chi connectivity index (χ1v) is 5.88. The van der Waals surface area contributed by atoms with Crippen molar-refractivity contribution in [1.82, 2.24) is 5.32 Å². The number of nitrogens with two attached hydrogens (primary N) is 1. The van der Waals surface area contributed by atoms with Gasteiger partial charge in [-0.3, -0.25) is 4.79 Å². The minimum atomic E-state index is -0.285.